The van der Waals surface area contributed by atoms with E-state index in [0.29, 0.717) is 6.54 Å². The van der Waals surface area contributed by atoms with Gasteiger partial charge in [0.25, 0.3) is 0 Å². The van der Waals surface area contributed by atoms with E-state index in [1.54, 1.807) is 0 Å². The molecule has 0 bridgehead atoms. The quantitative estimate of drug-likeness (QED) is 0.284. The average Bonchev–Trinajstić information content (AvgIpc) is 2.83. The van der Waals surface area contributed by atoms with Crippen LogP contribution in [0.2, 0.25) is 0 Å². The van der Waals surface area contributed by atoms with Gasteiger partial charge < -0.3 is 20.7 Å². The molecule has 3 N–H and O–H groups in total. The van der Waals surface area contributed by atoms with Gasteiger partial charge in [-0.05, 0) is 74.4 Å². The minimum absolute atomic E-state index is 0.667. The number of likely N-dealkylation sites (tertiary alicyclic amines) is 1. The molecule has 0 amide bonds. The minimum atomic E-state index is 0.667. The second kappa shape index (κ2) is 13.8. The van der Waals surface area contributed by atoms with E-state index in [0.717, 1.165) is 62.4 Å². The van der Waals surface area contributed by atoms with Crippen LogP contribution in [-0.4, -0.2) is 43.6 Å². The predicted octanol–water partition coefficient (Wildman–Crippen LogP) is 5.33. The summed E-state index contributed by atoms with van der Waals surface area (Å²) in [4.78, 5) is 7.25. The molecule has 0 radical (unpaired) electrons. The number of benzene rings is 2. The first-order valence-corrected chi connectivity index (χ1v) is 12.3. The summed E-state index contributed by atoms with van der Waals surface area (Å²) in [5.41, 5.74) is 8.18. The lowest BCUT2D eigenvalue weighted by Gasteiger charge is -2.34. The number of piperidine rings is 1. The Hall–Kier alpha value is -2.53. The molecule has 1 fully saturated rings. The lowest BCUT2D eigenvalue weighted by Crippen LogP contribution is -2.42. The van der Waals surface area contributed by atoms with Gasteiger partial charge in [0, 0.05) is 25.3 Å². The van der Waals surface area contributed by atoms with Crippen molar-refractivity contribution < 1.29 is 4.74 Å². The summed E-state index contributed by atoms with van der Waals surface area (Å²) in [7, 11) is 0. The van der Waals surface area contributed by atoms with Crippen LogP contribution < -0.4 is 15.8 Å². The van der Waals surface area contributed by atoms with Crippen molar-refractivity contribution in [2.75, 3.05) is 38.1 Å². The van der Waals surface area contributed by atoms with E-state index in [1.807, 2.05) is 12.1 Å². The summed E-state index contributed by atoms with van der Waals surface area (Å²) in [5.74, 6) is 2.63. The summed E-state index contributed by atoms with van der Waals surface area (Å²) in [5, 5.41) is 3.56. The van der Waals surface area contributed by atoms with Crippen LogP contribution in [0, 0.1) is 5.92 Å². The Morgan fingerprint density at radius 2 is 1.78 bits per heavy atom. The van der Waals surface area contributed by atoms with E-state index < -0.39 is 0 Å². The molecule has 0 atom stereocenters. The molecule has 2 aromatic rings. The van der Waals surface area contributed by atoms with Crippen LogP contribution in [0.1, 0.15) is 51.0 Å². The molecule has 0 unspecified atom stereocenters. The molecule has 1 heterocycles. The molecule has 0 aromatic heterocycles. The number of ether oxygens (including phenoxy) is 1. The maximum atomic E-state index is 5.84. The fraction of sp³-hybridized carbons (Fsp3) is 0.519. The largest absolute Gasteiger partial charge is 0.494 e. The molecule has 2 aromatic carbocycles. The van der Waals surface area contributed by atoms with Crippen molar-refractivity contribution in [2.45, 2.75) is 51.9 Å². The third-order valence-electron chi connectivity index (χ3n) is 6.03. The number of nitrogens with two attached hydrogens (primary N) is 1. The summed E-state index contributed by atoms with van der Waals surface area (Å²) in [6.45, 7) is 6.47. The first-order valence-electron chi connectivity index (χ1n) is 12.3. The fourth-order valence-electron chi connectivity index (χ4n) is 4.10. The van der Waals surface area contributed by atoms with Crippen LogP contribution in [0.5, 0.6) is 5.75 Å². The van der Waals surface area contributed by atoms with E-state index in [1.165, 1.54) is 37.7 Å². The van der Waals surface area contributed by atoms with Gasteiger partial charge in [0.15, 0.2) is 5.96 Å². The fourth-order valence-corrected chi connectivity index (χ4v) is 4.10. The van der Waals surface area contributed by atoms with Crippen LogP contribution in [0.3, 0.4) is 0 Å². The highest BCUT2D eigenvalue weighted by atomic mass is 16.5. The molecule has 0 spiro atoms. The highest BCUT2D eigenvalue weighted by Crippen LogP contribution is 2.23. The van der Waals surface area contributed by atoms with Crippen LogP contribution in [-0.2, 0) is 6.42 Å². The summed E-state index contributed by atoms with van der Waals surface area (Å²) < 4.78 is 5.84. The molecular formula is C27H40N4O. The molecule has 3 rings (SSSR count). The van der Waals surface area contributed by atoms with Gasteiger partial charge in [-0.3, -0.25) is 4.99 Å². The standard InChI is InChI=1S/C27H40N4O/c1-2-3-7-21-32-26-13-11-25(12-14-26)30-27(29-18-8-17-28)31-19-15-24(16-20-31)22-23-9-5-4-6-10-23/h4-6,9-14,24H,2-3,7-8,15-22,28H2,1H3,(H,29,30). The Bertz CT molecular complexity index is 783. The van der Waals surface area contributed by atoms with Gasteiger partial charge in [-0.25, -0.2) is 0 Å². The van der Waals surface area contributed by atoms with Gasteiger partial charge in [0.2, 0.25) is 0 Å². The predicted molar refractivity (Wildman–Crippen MR) is 136 cm³/mol. The Balaban J connectivity index is 1.54. The zero-order valence-electron chi connectivity index (χ0n) is 19.6. The average molecular weight is 437 g/mol. The lowest BCUT2D eigenvalue weighted by molar-refractivity contribution is 0.264. The second-order valence-electron chi connectivity index (χ2n) is 8.67. The topological polar surface area (TPSA) is 62.9 Å². The number of nitrogens with one attached hydrogen (secondary N) is 1. The Labute approximate surface area is 194 Å². The normalized spacial score (nSPS) is 15.1. The smallest absolute Gasteiger partial charge is 0.198 e. The van der Waals surface area contributed by atoms with Gasteiger partial charge in [-0.2, -0.15) is 0 Å². The van der Waals surface area contributed by atoms with Crippen molar-refractivity contribution in [3.05, 3.63) is 60.2 Å². The van der Waals surface area contributed by atoms with Crippen molar-refractivity contribution in [2.24, 2.45) is 16.6 Å². The molecule has 5 heteroatoms. The van der Waals surface area contributed by atoms with Crippen molar-refractivity contribution in [3.8, 4) is 5.75 Å². The Morgan fingerprint density at radius 1 is 1.03 bits per heavy atom. The molecule has 0 saturated carbocycles. The van der Waals surface area contributed by atoms with Gasteiger partial charge in [-0.1, -0.05) is 50.1 Å². The minimum Gasteiger partial charge on any atom is -0.494 e. The highest BCUT2D eigenvalue weighted by molar-refractivity contribution is 5.93. The second-order valence-corrected chi connectivity index (χ2v) is 8.67. The third kappa shape index (κ3) is 8.19. The number of aliphatic imine (C=N–C) groups is 1. The number of anilines is 1. The van der Waals surface area contributed by atoms with Gasteiger partial charge in [-0.15, -0.1) is 0 Å². The number of rotatable bonds is 11. The first kappa shape index (κ1) is 24.1. The van der Waals surface area contributed by atoms with Gasteiger partial charge >= 0.3 is 0 Å². The van der Waals surface area contributed by atoms with Crippen molar-refractivity contribution in [1.82, 2.24) is 4.90 Å². The number of nitrogens with zero attached hydrogens (tertiary/aromatic N) is 2. The van der Waals surface area contributed by atoms with Crippen LogP contribution in [0.4, 0.5) is 5.69 Å². The maximum Gasteiger partial charge on any atom is 0.198 e. The first-order chi connectivity index (χ1) is 15.8. The van der Waals surface area contributed by atoms with Crippen LogP contribution in [0.15, 0.2) is 59.6 Å². The molecule has 1 aliphatic rings. The van der Waals surface area contributed by atoms with E-state index >= 15 is 0 Å². The van der Waals surface area contributed by atoms with E-state index in [9.17, 15) is 0 Å². The maximum absolute atomic E-state index is 5.84. The van der Waals surface area contributed by atoms with Gasteiger partial charge in [0.05, 0.1) is 6.61 Å². The summed E-state index contributed by atoms with van der Waals surface area (Å²) >= 11 is 0. The van der Waals surface area contributed by atoms with Gasteiger partial charge in [0.1, 0.15) is 5.75 Å². The number of unbranched alkanes of at least 4 members (excludes halogenated alkanes) is 2. The Morgan fingerprint density at radius 3 is 2.47 bits per heavy atom. The highest BCUT2D eigenvalue weighted by Gasteiger charge is 2.22. The molecule has 5 nitrogen and oxygen atoms in total. The Kier molecular flexibility index (Phi) is 10.4. The lowest BCUT2D eigenvalue weighted by atomic mass is 9.90. The monoisotopic (exact) mass is 436 g/mol. The van der Waals surface area contributed by atoms with E-state index in [2.05, 4.69) is 59.6 Å². The molecule has 1 aliphatic heterocycles. The van der Waals surface area contributed by atoms with Crippen molar-refractivity contribution >= 4 is 11.6 Å². The SMILES string of the molecule is CCCCCOc1ccc(NC(=NCCCN)N2CCC(Cc3ccccc3)CC2)cc1. The number of guanidine groups is 1. The zero-order valence-corrected chi connectivity index (χ0v) is 19.6. The molecule has 1 saturated heterocycles. The number of hydrogen-bond acceptors (Lipinski definition) is 3. The number of hydrogen-bond donors (Lipinski definition) is 2. The summed E-state index contributed by atoms with van der Waals surface area (Å²) in [6, 6.07) is 19.1. The molecular weight excluding hydrogens is 396 g/mol. The summed E-state index contributed by atoms with van der Waals surface area (Å²) in [6.07, 6.45) is 7.98. The van der Waals surface area contributed by atoms with E-state index in [4.69, 9.17) is 15.5 Å². The van der Waals surface area contributed by atoms with E-state index in [-0.39, 0.29) is 0 Å². The van der Waals surface area contributed by atoms with Crippen LogP contribution >= 0.6 is 0 Å². The zero-order chi connectivity index (χ0) is 22.4. The molecule has 0 aliphatic carbocycles. The van der Waals surface area contributed by atoms with Crippen molar-refractivity contribution in [1.29, 1.82) is 0 Å². The van der Waals surface area contributed by atoms with Crippen molar-refractivity contribution in [3.63, 3.8) is 0 Å². The molecule has 174 valence electrons. The van der Waals surface area contributed by atoms with Crippen LogP contribution in [0.25, 0.3) is 0 Å². The molecule has 32 heavy (non-hydrogen) atoms. The third-order valence-corrected chi connectivity index (χ3v) is 6.03.